The number of rotatable bonds is 3. The van der Waals surface area contributed by atoms with Crippen molar-refractivity contribution in [1.29, 1.82) is 0 Å². The lowest BCUT2D eigenvalue weighted by Gasteiger charge is -2.04. The molecule has 1 heterocycles. The van der Waals surface area contributed by atoms with Gasteiger partial charge < -0.3 is 10.3 Å². The first-order valence-corrected chi connectivity index (χ1v) is 5.28. The number of aromatic nitrogens is 1. The normalized spacial score (nSPS) is 10.6. The second kappa shape index (κ2) is 4.95. The van der Waals surface area contributed by atoms with E-state index >= 15 is 0 Å². The molecule has 0 aliphatic carbocycles. The van der Waals surface area contributed by atoms with E-state index in [9.17, 15) is 18.4 Å². The Morgan fingerprint density at radius 1 is 1.39 bits per heavy atom. The summed E-state index contributed by atoms with van der Waals surface area (Å²) in [5.74, 6) is -1.13. The van der Waals surface area contributed by atoms with Crippen molar-refractivity contribution in [2.24, 2.45) is 0 Å². The Balaban J connectivity index is 2.48. The second-order valence-electron chi connectivity index (χ2n) is 3.67. The highest BCUT2D eigenvalue weighted by Crippen LogP contribution is 2.09. The van der Waals surface area contributed by atoms with Crippen LogP contribution in [-0.4, -0.2) is 24.1 Å². The van der Waals surface area contributed by atoms with E-state index < -0.39 is 23.8 Å². The Morgan fingerprint density at radius 3 is 2.89 bits per heavy atom. The van der Waals surface area contributed by atoms with Gasteiger partial charge in [0.1, 0.15) is 18.1 Å². The highest BCUT2D eigenvalue weighted by atomic mass is 19.1. The lowest BCUT2D eigenvalue weighted by Crippen LogP contribution is -2.30. The third kappa shape index (κ3) is 2.22. The number of aromatic amines is 1. The zero-order valence-corrected chi connectivity index (χ0v) is 9.30. The Bertz CT molecular complexity index is 652. The van der Waals surface area contributed by atoms with Crippen LogP contribution in [0.4, 0.5) is 8.78 Å². The lowest BCUT2D eigenvalue weighted by atomic mass is 10.1. The highest BCUT2D eigenvalue weighted by molar-refractivity contribution is 5.97. The Labute approximate surface area is 101 Å². The van der Waals surface area contributed by atoms with Gasteiger partial charge in [-0.05, 0) is 18.2 Å². The van der Waals surface area contributed by atoms with E-state index in [1.54, 1.807) is 0 Å². The van der Waals surface area contributed by atoms with E-state index in [0.717, 1.165) is 6.07 Å². The van der Waals surface area contributed by atoms with E-state index in [0.29, 0.717) is 5.52 Å². The molecule has 0 saturated heterocycles. The lowest BCUT2D eigenvalue weighted by molar-refractivity contribution is 0.0949. The molecule has 94 valence electrons. The molecule has 0 unspecified atom stereocenters. The van der Waals surface area contributed by atoms with E-state index in [1.807, 2.05) is 0 Å². The molecule has 1 aromatic heterocycles. The molecule has 0 bridgehead atoms. The van der Waals surface area contributed by atoms with Gasteiger partial charge in [0.05, 0.1) is 5.52 Å². The molecule has 18 heavy (non-hydrogen) atoms. The zero-order valence-electron chi connectivity index (χ0n) is 9.30. The topological polar surface area (TPSA) is 62.0 Å². The van der Waals surface area contributed by atoms with Crippen molar-refractivity contribution >= 4 is 16.8 Å². The molecule has 1 amide bonds. The van der Waals surface area contributed by atoms with Crippen molar-refractivity contribution in [3.63, 3.8) is 0 Å². The number of nitrogens with one attached hydrogen (secondary N) is 2. The summed E-state index contributed by atoms with van der Waals surface area (Å²) in [7, 11) is 0. The van der Waals surface area contributed by atoms with Gasteiger partial charge in [0.2, 0.25) is 5.43 Å². The Morgan fingerprint density at radius 2 is 2.17 bits per heavy atom. The van der Waals surface area contributed by atoms with Crippen molar-refractivity contribution in [2.75, 3.05) is 13.2 Å². The van der Waals surface area contributed by atoms with Gasteiger partial charge in [-0.3, -0.25) is 9.59 Å². The number of H-pyrrole nitrogens is 1. The molecule has 0 fully saturated rings. The first-order chi connectivity index (χ1) is 8.63. The highest BCUT2D eigenvalue weighted by Gasteiger charge is 2.12. The number of halogens is 2. The van der Waals surface area contributed by atoms with Crippen LogP contribution in [0.3, 0.4) is 0 Å². The molecule has 2 aromatic rings. The minimum absolute atomic E-state index is 0.123. The maximum absolute atomic E-state index is 13.0. The number of hydrogen-bond donors (Lipinski definition) is 2. The fraction of sp³-hybridized carbons (Fsp3) is 0.167. The van der Waals surface area contributed by atoms with E-state index in [-0.39, 0.29) is 17.5 Å². The molecule has 0 aliphatic heterocycles. The van der Waals surface area contributed by atoms with E-state index in [2.05, 4.69) is 10.3 Å². The largest absolute Gasteiger partial charge is 0.360 e. The standard InChI is InChI=1S/C12H10F2N2O2/c13-3-4-15-12(18)9-6-16-10-5-7(14)1-2-8(10)11(9)17/h1-2,5-6H,3-4H2,(H,15,18)(H,16,17). The molecular formula is C12H10F2N2O2. The van der Waals surface area contributed by atoms with Gasteiger partial charge in [-0.1, -0.05) is 0 Å². The van der Waals surface area contributed by atoms with Gasteiger partial charge in [0, 0.05) is 18.1 Å². The van der Waals surface area contributed by atoms with Gasteiger partial charge in [-0.15, -0.1) is 0 Å². The van der Waals surface area contributed by atoms with E-state index in [4.69, 9.17) is 0 Å². The fourth-order valence-electron chi connectivity index (χ4n) is 1.62. The number of pyridine rings is 1. The van der Waals surface area contributed by atoms with Crippen LogP contribution in [0.5, 0.6) is 0 Å². The van der Waals surface area contributed by atoms with Crippen LogP contribution in [0.15, 0.2) is 29.2 Å². The van der Waals surface area contributed by atoms with Crippen molar-refractivity contribution in [3.8, 4) is 0 Å². The molecule has 0 atom stereocenters. The molecule has 6 heteroatoms. The number of hydrogen-bond acceptors (Lipinski definition) is 2. The Hall–Kier alpha value is -2.24. The summed E-state index contributed by atoms with van der Waals surface area (Å²) in [4.78, 5) is 26.2. The third-order valence-electron chi connectivity index (χ3n) is 2.47. The number of carbonyl (C=O) groups is 1. The Kier molecular flexibility index (Phi) is 3.36. The SMILES string of the molecule is O=C(NCCF)c1c[nH]c2cc(F)ccc2c1=O. The number of amides is 1. The maximum atomic E-state index is 13.0. The van der Waals surface area contributed by atoms with Crippen LogP contribution < -0.4 is 10.7 Å². The molecule has 0 saturated carbocycles. The average molecular weight is 252 g/mol. The smallest absolute Gasteiger partial charge is 0.256 e. The third-order valence-corrected chi connectivity index (χ3v) is 2.47. The van der Waals surface area contributed by atoms with Gasteiger partial charge in [0.15, 0.2) is 0 Å². The summed E-state index contributed by atoms with van der Waals surface area (Å²) in [5.41, 5.74) is -0.329. The monoisotopic (exact) mass is 252 g/mol. The van der Waals surface area contributed by atoms with Gasteiger partial charge in [0.25, 0.3) is 5.91 Å². The zero-order chi connectivity index (χ0) is 13.1. The minimum Gasteiger partial charge on any atom is -0.360 e. The molecule has 0 radical (unpaired) electrons. The summed E-state index contributed by atoms with van der Waals surface area (Å²) < 4.78 is 24.9. The van der Waals surface area contributed by atoms with Crippen LogP contribution in [0.2, 0.25) is 0 Å². The predicted octanol–water partition coefficient (Wildman–Crippen LogP) is 1.37. The van der Waals surface area contributed by atoms with Crippen LogP contribution in [0.1, 0.15) is 10.4 Å². The van der Waals surface area contributed by atoms with Crippen molar-refractivity contribution < 1.29 is 13.6 Å². The summed E-state index contributed by atoms with van der Waals surface area (Å²) in [6, 6.07) is 3.61. The number of alkyl halides is 1. The number of carbonyl (C=O) groups excluding carboxylic acids is 1. The molecular weight excluding hydrogens is 242 g/mol. The molecule has 2 rings (SSSR count). The van der Waals surface area contributed by atoms with Crippen LogP contribution >= 0.6 is 0 Å². The summed E-state index contributed by atoms with van der Waals surface area (Å²) >= 11 is 0. The second-order valence-corrected chi connectivity index (χ2v) is 3.67. The van der Waals surface area contributed by atoms with Crippen LogP contribution in [0, 0.1) is 5.82 Å². The quantitative estimate of drug-likeness (QED) is 0.866. The molecule has 2 N–H and O–H groups in total. The summed E-state index contributed by atoms with van der Waals surface area (Å²) in [6.07, 6.45) is 1.19. The number of fused-ring (bicyclic) bond motifs is 1. The molecule has 0 aliphatic rings. The van der Waals surface area contributed by atoms with Gasteiger partial charge in [-0.25, -0.2) is 8.78 Å². The average Bonchev–Trinajstić information content (AvgIpc) is 2.36. The first-order valence-electron chi connectivity index (χ1n) is 5.28. The van der Waals surface area contributed by atoms with E-state index in [1.165, 1.54) is 18.3 Å². The van der Waals surface area contributed by atoms with Crippen LogP contribution in [-0.2, 0) is 0 Å². The predicted molar refractivity (Wildman–Crippen MR) is 62.8 cm³/mol. The van der Waals surface area contributed by atoms with Gasteiger partial charge in [-0.2, -0.15) is 0 Å². The van der Waals surface area contributed by atoms with Crippen molar-refractivity contribution in [1.82, 2.24) is 10.3 Å². The van der Waals surface area contributed by atoms with Crippen molar-refractivity contribution in [3.05, 3.63) is 46.0 Å². The minimum atomic E-state index is -0.706. The van der Waals surface area contributed by atoms with Crippen LogP contribution in [0.25, 0.3) is 10.9 Å². The number of benzene rings is 1. The van der Waals surface area contributed by atoms with Crippen molar-refractivity contribution in [2.45, 2.75) is 0 Å². The summed E-state index contributed by atoms with van der Waals surface area (Å²) in [6.45, 7) is -0.859. The van der Waals surface area contributed by atoms with Gasteiger partial charge >= 0.3 is 0 Å². The first kappa shape index (κ1) is 12.2. The summed E-state index contributed by atoms with van der Waals surface area (Å²) in [5, 5.41) is 2.47. The maximum Gasteiger partial charge on any atom is 0.256 e. The fourth-order valence-corrected chi connectivity index (χ4v) is 1.62. The molecule has 4 nitrogen and oxygen atoms in total. The molecule has 0 spiro atoms. The molecule has 1 aromatic carbocycles.